The SMILES string of the molecule is C[C@@H]1CC2CCCCC2CN1CC(O)C(N)CSc1ccccc1.O=C([O-])c1ccccc1. The Morgan fingerprint density at radius 3 is 2.30 bits per heavy atom. The molecule has 4 unspecified atom stereocenters. The summed E-state index contributed by atoms with van der Waals surface area (Å²) in [6.07, 6.45) is 6.45. The topological polar surface area (TPSA) is 89.6 Å². The van der Waals surface area contributed by atoms with Crippen LogP contribution in [0, 0.1) is 11.8 Å². The van der Waals surface area contributed by atoms with E-state index in [4.69, 9.17) is 5.73 Å². The van der Waals surface area contributed by atoms with Crippen molar-refractivity contribution in [1.82, 2.24) is 4.90 Å². The summed E-state index contributed by atoms with van der Waals surface area (Å²) in [6, 6.07) is 18.8. The molecule has 0 aromatic heterocycles. The van der Waals surface area contributed by atoms with Crippen LogP contribution in [0.25, 0.3) is 0 Å². The fourth-order valence-corrected chi connectivity index (χ4v) is 5.88. The molecule has 1 aliphatic heterocycles. The van der Waals surface area contributed by atoms with Crippen molar-refractivity contribution in [2.24, 2.45) is 17.6 Å². The normalized spacial score (nSPS) is 24.6. The molecule has 1 saturated heterocycles. The molecule has 1 heterocycles. The van der Waals surface area contributed by atoms with Gasteiger partial charge in [0.15, 0.2) is 0 Å². The summed E-state index contributed by atoms with van der Waals surface area (Å²) < 4.78 is 0. The smallest absolute Gasteiger partial charge is 0.0826 e. The second-order valence-electron chi connectivity index (χ2n) is 9.35. The number of β-amino-alcohol motifs (C(OH)–C–C–N with tert-alkyl or cyclic N) is 1. The number of likely N-dealkylation sites (tertiary alicyclic amines) is 1. The van der Waals surface area contributed by atoms with Crippen LogP contribution in [0.3, 0.4) is 0 Å². The summed E-state index contributed by atoms with van der Waals surface area (Å²) in [4.78, 5) is 13.8. The van der Waals surface area contributed by atoms with Gasteiger partial charge in [0.1, 0.15) is 0 Å². The van der Waals surface area contributed by atoms with Gasteiger partial charge in [-0.05, 0) is 49.3 Å². The zero-order valence-corrected chi connectivity index (χ0v) is 20.3. The number of carbonyl (C=O) groups is 1. The maximum atomic E-state index is 10.6. The highest BCUT2D eigenvalue weighted by Crippen LogP contribution is 2.38. The number of thioether (sulfide) groups is 1. The third kappa shape index (κ3) is 8.14. The molecule has 5 atom stereocenters. The summed E-state index contributed by atoms with van der Waals surface area (Å²) in [7, 11) is 0. The molecule has 0 bridgehead atoms. The molecule has 2 aromatic rings. The lowest BCUT2D eigenvalue weighted by molar-refractivity contribution is -0.255. The van der Waals surface area contributed by atoms with Gasteiger partial charge in [-0.25, -0.2) is 0 Å². The van der Waals surface area contributed by atoms with Crippen molar-refractivity contribution in [1.29, 1.82) is 0 Å². The quantitative estimate of drug-likeness (QED) is 0.604. The Kier molecular flexibility index (Phi) is 10.3. The van der Waals surface area contributed by atoms with Gasteiger partial charge in [0.2, 0.25) is 0 Å². The Balaban J connectivity index is 0.000000286. The molecule has 0 amide bonds. The first-order valence-electron chi connectivity index (χ1n) is 12.1. The predicted octanol–water partition coefficient (Wildman–Crippen LogP) is 3.42. The van der Waals surface area contributed by atoms with Crippen LogP contribution >= 0.6 is 11.8 Å². The highest BCUT2D eigenvalue weighted by Gasteiger charge is 2.35. The van der Waals surface area contributed by atoms with Crippen LogP contribution in [0.15, 0.2) is 65.6 Å². The lowest BCUT2D eigenvalue weighted by Gasteiger charge is -2.46. The molecule has 180 valence electrons. The van der Waals surface area contributed by atoms with Gasteiger partial charge in [0.05, 0.1) is 12.1 Å². The number of carboxylic acids is 1. The van der Waals surface area contributed by atoms with Crippen molar-refractivity contribution >= 4 is 17.7 Å². The number of aliphatic hydroxyl groups excluding tert-OH is 1. The first-order valence-corrected chi connectivity index (χ1v) is 13.0. The van der Waals surface area contributed by atoms with Crippen molar-refractivity contribution < 1.29 is 15.0 Å². The molecule has 3 N–H and O–H groups in total. The molecule has 0 radical (unpaired) electrons. The Bertz CT molecular complexity index is 836. The van der Waals surface area contributed by atoms with Crippen LogP contribution in [0.5, 0.6) is 0 Å². The largest absolute Gasteiger partial charge is 0.545 e. The molecule has 1 saturated carbocycles. The van der Waals surface area contributed by atoms with Gasteiger partial charge in [-0.1, -0.05) is 67.8 Å². The minimum Gasteiger partial charge on any atom is -0.545 e. The Morgan fingerprint density at radius 2 is 1.70 bits per heavy atom. The molecule has 2 fully saturated rings. The van der Waals surface area contributed by atoms with E-state index in [2.05, 4.69) is 24.0 Å². The van der Waals surface area contributed by atoms with E-state index in [1.807, 2.05) is 18.2 Å². The third-order valence-corrected chi connectivity index (χ3v) is 8.07. The van der Waals surface area contributed by atoms with Gasteiger partial charge in [0.25, 0.3) is 0 Å². The van der Waals surface area contributed by atoms with Crippen molar-refractivity contribution in [3.8, 4) is 0 Å². The van der Waals surface area contributed by atoms with E-state index in [0.29, 0.717) is 6.04 Å². The average Bonchev–Trinajstić information content (AvgIpc) is 2.84. The number of aliphatic hydroxyl groups is 1. The minimum absolute atomic E-state index is 0.175. The van der Waals surface area contributed by atoms with Crippen molar-refractivity contribution in [3.05, 3.63) is 66.2 Å². The third-order valence-electron chi connectivity index (χ3n) is 6.91. The zero-order valence-electron chi connectivity index (χ0n) is 19.5. The van der Waals surface area contributed by atoms with E-state index >= 15 is 0 Å². The molecule has 0 spiro atoms. The number of fused-ring (bicyclic) bond motifs is 1. The van der Waals surface area contributed by atoms with E-state index in [9.17, 15) is 15.0 Å². The number of hydrogen-bond donors (Lipinski definition) is 2. The number of nitrogens with zero attached hydrogens (tertiary/aromatic N) is 1. The number of carbonyl (C=O) groups excluding carboxylic acids is 1. The van der Waals surface area contributed by atoms with E-state index in [-0.39, 0.29) is 11.6 Å². The van der Waals surface area contributed by atoms with E-state index in [1.165, 1.54) is 49.1 Å². The van der Waals surface area contributed by atoms with Gasteiger partial charge < -0.3 is 20.7 Å². The molecule has 6 heteroatoms. The summed E-state index contributed by atoms with van der Waals surface area (Å²) in [6.45, 7) is 4.20. The fourth-order valence-electron chi connectivity index (χ4n) is 4.93. The Labute approximate surface area is 202 Å². The number of nitrogens with two attached hydrogens (primary N) is 1. The lowest BCUT2D eigenvalue weighted by atomic mass is 9.73. The van der Waals surface area contributed by atoms with Gasteiger partial charge >= 0.3 is 0 Å². The average molecular weight is 470 g/mol. The Hall–Kier alpha value is -1.86. The standard InChI is InChI=1S/C20H32N2OS.C7H6O2/c1-15-11-16-7-5-6-8-17(16)12-22(15)13-20(23)19(21)14-24-18-9-3-2-4-10-18;8-7(9)6-4-2-1-3-5-6/h2-4,9-10,15-17,19-20,23H,5-8,11-14,21H2,1H3;1-5H,(H,8,9)/p-1/t15-,16?,17?,19?,20?;/m1./s1. The van der Waals surface area contributed by atoms with Crippen molar-refractivity contribution in [2.75, 3.05) is 18.8 Å². The molecule has 5 nitrogen and oxygen atoms in total. The zero-order chi connectivity index (χ0) is 23.6. The molecule has 33 heavy (non-hydrogen) atoms. The Morgan fingerprint density at radius 1 is 1.09 bits per heavy atom. The highest BCUT2D eigenvalue weighted by molar-refractivity contribution is 7.99. The number of aromatic carboxylic acids is 1. The lowest BCUT2D eigenvalue weighted by Crippen LogP contribution is -2.52. The predicted molar refractivity (Wildman–Crippen MR) is 133 cm³/mol. The second-order valence-corrected chi connectivity index (χ2v) is 10.4. The summed E-state index contributed by atoms with van der Waals surface area (Å²) in [5.74, 6) is 1.40. The van der Waals surface area contributed by atoms with Crippen LogP contribution in [-0.2, 0) is 0 Å². The maximum Gasteiger partial charge on any atom is 0.0826 e. The first-order chi connectivity index (χ1) is 15.9. The van der Waals surface area contributed by atoms with E-state index < -0.39 is 12.1 Å². The highest BCUT2D eigenvalue weighted by atomic mass is 32.2. The van der Waals surface area contributed by atoms with Gasteiger partial charge in [-0.15, -0.1) is 11.8 Å². The number of rotatable bonds is 7. The summed E-state index contributed by atoms with van der Waals surface area (Å²) in [5, 5.41) is 20.7. The van der Waals surface area contributed by atoms with Crippen LogP contribution in [0.4, 0.5) is 0 Å². The number of benzene rings is 2. The van der Waals surface area contributed by atoms with Gasteiger partial charge in [-0.2, -0.15) is 0 Å². The molecule has 4 rings (SSSR count). The van der Waals surface area contributed by atoms with E-state index in [0.717, 1.165) is 30.7 Å². The van der Waals surface area contributed by atoms with Crippen LogP contribution in [-0.4, -0.2) is 53.0 Å². The first kappa shape index (κ1) is 25.8. The van der Waals surface area contributed by atoms with Crippen molar-refractivity contribution in [3.63, 3.8) is 0 Å². The second kappa shape index (κ2) is 13.1. The van der Waals surface area contributed by atoms with Crippen LogP contribution in [0.2, 0.25) is 0 Å². The summed E-state index contributed by atoms with van der Waals surface area (Å²) in [5.41, 5.74) is 6.48. The monoisotopic (exact) mass is 469 g/mol. The van der Waals surface area contributed by atoms with Crippen molar-refractivity contribution in [2.45, 2.75) is 62.1 Å². The van der Waals surface area contributed by atoms with Gasteiger partial charge in [-0.3, -0.25) is 4.90 Å². The number of piperidine rings is 1. The summed E-state index contributed by atoms with van der Waals surface area (Å²) >= 11 is 1.73. The van der Waals surface area contributed by atoms with Gasteiger partial charge in [0, 0.05) is 35.8 Å². The van der Waals surface area contributed by atoms with Crippen LogP contribution < -0.4 is 10.8 Å². The minimum atomic E-state index is -1.13. The molecule has 1 aliphatic carbocycles. The number of hydrogen-bond acceptors (Lipinski definition) is 6. The maximum absolute atomic E-state index is 10.6. The molecule has 2 aromatic carbocycles. The van der Waals surface area contributed by atoms with E-state index in [1.54, 1.807) is 30.0 Å². The van der Waals surface area contributed by atoms with Crippen LogP contribution in [0.1, 0.15) is 49.4 Å². The molecular formula is C27H37N2O3S-. The molecule has 2 aliphatic rings. The number of carboxylic acid groups (broad SMARTS) is 1. The molecular weight excluding hydrogens is 432 g/mol. The fraction of sp³-hybridized carbons (Fsp3) is 0.519.